The van der Waals surface area contributed by atoms with Gasteiger partial charge in [0.2, 0.25) is 5.91 Å². The van der Waals surface area contributed by atoms with Crippen LogP contribution < -0.4 is 5.32 Å². The fraction of sp³-hybridized carbons (Fsp3) is 0.111. The summed E-state index contributed by atoms with van der Waals surface area (Å²) in [5.74, 6) is 0.0508. The summed E-state index contributed by atoms with van der Waals surface area (Å²) in [6.07, 6.45) is 5.77. The van der Waals surface area contributed by atoms with E-state index in [0.29, 0.717) is 24.3 Å². The summed E-state index contributed by atoms with van der Waals surface area (Å²) >= 11 is 0. The number of benzene rings is 1. The molecule has 0 aliphatic rings. The Kier molecular flexibility index (Phi) is 3.42. The molecule has 0 unspecified atom stereocenters. The van der Waals surface area contributed by atoms with Gasteiger partial charge in [-0.1, -0.05) is 18.2 Å². The third kappa shape index (κ3) is 2.58. The number of aromatic amines is 1. The van der Waals surface area contributed by atoms with E-state index < -0.39 is 0 Å². The molecule has 3 heterocycles. The molecule has 3 aromatic heterocycles. The highest BCUT2D eigenvalue weighted by Gasteiger charge is 2.10. The van der Waals surface area contributed by atoms with Gasteiger partial charge in [0, 0.05) is 29.5 Å². The number of rotatable bonds is 4. The van der Waals surface area contributed by atoms with E-state index in [9.17, 15) is 9.90 Å². The average molecular weight is 320 g/mol. The van der Waals surface area contributed by atoms with Crippen molar-refractivity contribution in [2.24, 2.45) is 0 Å². The Morgan fingerprint density at radius 2 is 2.12 bits per heavy atom. The minimum atomic E-state index is -0.0685. The highest BCUT2D eigenvalue weighted by atomic mass is 16.3. The molecular formula is C18H16N4O2. The molecule has 6 nitrogen and oxygen atoms in total. The number of hydrogen-bond donors (Lipinski definition) is 3. The Bertz CT molecular complexity index is 1030. The van der Waals surface area contributed by atoms with Gasteiger partial charge in [0.15, 0.2) is 11.4 Å². The minimum Gasteiger partial charge on any atom is -0.504 e. The molecule has 4 aromatic rings. The maximum absolute atomic E-state index is 12.2. The first-order valence-corrected chi connectivity index (χ1v) is 7.68. The molecule has 0 fully saturated rings. The lowest BCUT2D eigenvalue weighted by atomic mass is 10.1. The molecule has 4 rings (SSSR count). The van der Waals surface area contributed by atoms with Crippen molar-refractivity contribution >= 4 is 22.5 Å². The van der Waals surface area contributed by atoms with Gasteiger partial charge in [-0.3, -0.25) is 4.79 Å². The molecule has 6 heteroatoms. The lowest BCUT2D eigenvalue weighted by Gasteiger charge is -2.02. The topological polar surface area (TPSA) is 82.4 Å². The van der Waals surface area contributed by atoms with E-state index in [1.54, 1.807) is 28.9 Å². The van der Waals surface area contributed by atoms with Crippen LogP contribution in [0.15, 0.2) is 55.0 Å². The van der Waals surface area contributed by atoms with Gasteiger partial charge in [-0.05, 0) is 23.8 Å². The normalized spacial score (nSPS) is 11.2. The first-order valence-electron chi connectivity index (χ1n) is 7.68. The molecule has 0 aliphatic heterocycles. The predicted molar refractivity (Wildman–Crippen MR) is 90.7 cm³/mol. The second-order valence-corrected chi connectivity index (χ2v) is 5.67. The number of aromatic hydroxyl groups is 1. The number of fused-ring (bicyclic) bond motifs is 2. The summed E-state index contributed by atoms with van der Waals surface area (Å²) in [5, 5.41) is 13.7. The van der Waals surface area contributed by atoms with Crippen LogP contribution in [0.2, 0.25) is 0 Å². The van der Waals surface area contributed by atoms with Crippen LogP contribution >= 0.6 is 0 Å². The molecule has 1 amide bonds. The van der Waals surface area contributed by atoms with Gasteiger partial charge < -0.3 is 19.8 Å². The fourth-order valence-corrected chi connectivity index (χ4v) is 2.84. The first kappa shape index (κ1) is 14.3. The Hall–Kier alpha value is -3.28. The van der Waals surface area contributed by atoms with Crippen molar-refractivity contribution in [3.63, 3.8) is 0 Å². The molecule has 1 aromatic carbocycles. The van der Waals surface area contributed by atoms with Crippen molar-refractivity contribution in [3.05, 3.63) is 66.2 Å². The van der Waals surface area contributed by atoms with Crippen LogP contribution in [0.1, 0.15) is 11.3 Å². The second kappa shape index (κ2) is 5.73. The second-order valence-electron chi connectivity index (χ2n) is 5.67. The van der Waals surface area contributed by atoms with Gasteiger partial charge in [-0.25, -0.2) is 4.98 Å². The van der Waals surface area contributed by atoms with E-state index in [-0.39, 0.29) is 11.7 Å². The van der Waals surface area contributed by atoms with Crippen LogP contribution in [0.3, 0.4) is 0 Å². The number of carbonyl (C=O) groups is 1. The number of imidazole rings is 1. The molecule has 0 spiro atoms. The number of nitrogens with zero attached hydrogens (tertiary/aromatic N) is 2. The number of hydrogen-bond acceptors (Lipinski definition) is 3. The highest BCUT2D eigenvalue weighted by Crippen LogP contribution is 2.18. The van der Waals surface area contributed by atoms with E-state index in [4.69, 9.17) is 0 Å². The number of H-pyrrole nitrogens is 1. The van der Waals surface area contributed by atoms with E-state index in [2.05, 4.69) is 15.3 Å². The lowest BCUT2D eigenvalue weighted by molar-refractivity contribution is -0.120. The SMILES string of the molecule is O=C(Cc1c[nH]c2ccccc12)NCc1cn2cccc(O)c2n1. The van der Waals surface area contributed by atoms with Gasteiger partial charge in [-0.2, -0.15) is 0 Å². The van der Waals surface area contributed by atoms with Gasteiger partial charge in [0.25, 0.3) is 0 Å². The summed E-state index contributed by atoms with van der Waals surface area (Å²) in [6, 6.07) is 11.2. The van der Waals surface area contributed by atoms with Crippen LogP contribution in [0, 0.1) is 0 Å². The van der Waals surface area contributed by atoms with E-state index in [1.807, 2.05) is 30.5 Å². The van der Waals surface area contributed by atoms with E-state index in [0.717, 1.165) is 16.5 Å². The summed E-state index contributed by atoms with van der Waals surface area (Å²) in [7, 11) is 0. The van der Waals surface area contributed by atoms with Gasteiger partial charge >= 0.3 is 0 Å². The van der Waals surface area contributed by atoms with Crippen LogP contribution in [0.5, 0.6) is 5.75 Å². The fourth-order valence-electron chi connectivity index (χ4n) is 2.84. The zero-order chi connectivity index (χ0) is 16.5. The molecule has 0 bridgehead atoms. The maximum atomic E-state index is 12.2. The van der Waals surface area contributed by atoms with E-state index in [1.165, 1.54) is 0 Å². The summed E-state index contributed by atoms with van der Waals surface area (Å²) < 4.78 is 1.73. The van der Waals surface area contributed by atoms with Crippen molar-refractivity contribution in [2.75, 3.05) is 0 Å². The van der Waals surface area contributed by atoms with Crippen molar-refractivity contribution < 1.29 is 9.90 Å². The monoisotopic (exact) mass is 320 g/mol. The number of carbonyl (C=O) groups excluding carboxylic acids is 1. The minimum absolute atomic E-state index is 0.0685. The molecule has 0 saturated carbocycles. The summed E-state index contributed by atoms with van der Waals surface area (Å²) in [4.78, 5) is 19.7. The number of amides is 1. The van der Waals surface area contributed by atoms with Gasteiger partial charge in [0.1, 0.15) is 0 Å². The molecule has 0 aliphatic carbocycles. The van der Waals surface area contributed by atoms with Gasteiger partial charge in [-0.15, -0.1) is 0 Å². The predicted octanol–water partition coefficient (Wildman–Crippen LogP) is 2.38. The molecule has 0 radical (unpaired) electrons. The Morgan fingerprint density at radius 1 is 1.25 bits per heavy atom. The van der Waals surface area contributed by atoms with Crippen LogP contribution in [-0.4, -0.2) is 25.4 Å². The number of pyridine rings is 1. The Balaban J connectivity index is 1.45. The van der Waals surface area contributed by atoms with Crippen LogP contribution in [-0.2, 0) is 17.8 Å². The Morgan fingerprint density at radius 3 is 3.00 bits per heavy atom. The number of para-hydroxylation sites is 1. The largest absolute Gasteiger partial charge is 0.504 e. The zero-order valence-corrected chi connectivity index (χ0v) is 12.9. The van der Waals surface area contributed by atoms with Gasteiger partial charge in [0.05, 0.1) is 18.7 Å². The quantitative estimate of drug-likeness (QED) is 0.540. The third-order valence-electron chi connectivity index (χ3n) is 4.00. The van der Waals surface area contributed by atoms with Crippen LogP contribution in [0.4, 0.5) is 0 Å². The smallest absolute Gasteiger partial charge is 0.224 e. The number of aromatic nitrogens is 3. The maximum Gasteiger partial charge on any atom is 0.224 e. The lowest BCUT2D eigenvalue weighted by Crippen LogP contribution is -2.24. The third-order valence-corrected chi connectivity index (χ3v) is 4.00. The van der Waals surface area contributed by atoms with Crippen LogP contribution in [0.25, 0.3) is 16.6 Å². The van der Waals surface area contributed by atoms with Crippen molar-refractivity contribution in [1.29, 1.82) is 0 Å². The highest BCUT2D eigenvalue weighted by molar-refractivity contribution is 5.88. The summed E-state index contributed by atoms with van der Waals surface area (Å²) in [5.41, 5.74) is 3.18. The van der Waals surface area contributed by atoms with Crippen molar-refractivity contribution in [1.82, 2.24) is 19.7 Å². The van der Waals surface area contributed by atoms with Crippen molar-refractivity contribution in [2.45, 2.75) is 13.0 Å². The number of nitrogens with one attached hydrogen (secondary N) is 2. The molecule has 3 N–H and O–H groups in total. The first-order chi connectivity index (χ1) is 11.7. The molecule has 0 saturated heterocycles. The molecule has 120 valence electrons. The molecule has 0 atom stereocenters. The molecule has 24 heavy (non-hydrogen) atoms. The molecular weight excluding hydrogens is 304 g/mol. The standard InChI is InChI=1S/C18H16N4O2/c23-16-6-3-7-22-11-13(21-18(16)22)10-20-17(24)8-12-9-19-15-5-2-1-4-14(12)15/h1-7,9,11,19,23H,8,10H2,(H,20,24). The Labute approximate surface area is 137 Å². The zero-order valence-electron chi connectivity index (χ0n) is 12.9. The van der Waals surface area contributed by atoms with Crippen molar-refractivity contribution in [3.8, 4) is 5.75 Å². The average Bonchev–Trinajstić information content (AvgIpc) is 3.18. The van der Waals surface area contributed by atoms with E-state index >= 15 is 0 Å². The summed E-state index contributed by atoms with van der Waals surface area (Å²) in [6.45, 7) is 0.322.